The molecule has 0 amide bonds. The molecule has 134 valence electrons. The Morgan fingerprint density at radius 3 is 2.29 bits per heavy atom. The molecule has 0 aliphatic heterocycles. The second-order valence-electron chi connectivity index (χ2n) is 7.36. The van der Waals surface area contributed by atoms with Crippen molar-refractivity contribution < 1.29 is 0 Å². The molecule has 0 aliphatic carbocycles. The van der Waals surface area contributed by atoms with Gasteiger partial charge in [-0.05, 0) is 11.8 Å². The van der Waals surface area contributed by atoms with Crippen molar-refractivity contribution in [3.05, 3.63) is 29.5 Å². The monoisotopic (exact) mass is 332 g/mol. The highest BCUT2D eigenvalue weighted by atomic mass is 15.4. The predicted octanol–water partition coefficient (Wildman–Crippen LogP) is 2.83. The van der Waals surface area contributed by atoms with Crippen LogP contribution >= 0.6 is 0 Å². The minimum Gasteiger partial charge on any atom is -0.363 e. The highest BCUT2D eigenvalue weighted by Gasteiger charge is 2.24. The first-order chi connectivity index (χ1) is 11.2. The number of aromatic nitrogens is 4. The molecule has 0 unspecified atom stereocenters. The number of nitrogens with one attached hydrogen (secondary N) is 1. The van der Waals surface area contributed by atoms with Crippen molar-refractivity contribution >= 4 is 5.82 Å². The average molecular weight is 332 g/mol. The topological polar surface area (TPSA) is 50.9 Å². The van der Waals surface area contributed by atoms with Gasteiger partial charge in [0, 0.05) is 52.7 Å². The molecule has 1 N–H and O–H groups in total. The van der Waals surface area contributed by atoms with Crippen molar-refractivity contribution in [2.45, 2.75) is 46.2 Å². The van der Waals surface area contributed by atoms with E-state index in [1.807, 2.05) is 31.2 Å². The SMILES string of the molecule is CC(C)c1nn(C)c(N(C)C)c1CN[C@@H](c1nccn1C)C(C)C. The van der Waals surface area contributed by atoms with Crippen molar-refractivity contribution in [3.8, 4) is 0 Å². The van der Waals surface area contributed by atoms with E-state index in [1.54, 1.807) is 0 Å². The summed E-state index contributed by atoms with van der Waals surface area (Å²) in [6, 6.07) is 0.209. The predicted molar refractivity (Wildman–Crippen MR) is 99.3 cm³/mol. The summed E-state index contributed by atoms with van der Waals surface area (Å²) in [4.78, 5) is 6.68. The van der Waals surface area contributed by atoms with Crippen molar-refractivity contribution in [2.24, 2.45) is 20.0 Å². The van der Waals surface area contributed by atoms with Gasteiger partial charge in [-0.2, -0.15) is 5.10 Å². The lowest BCUT2D eigenvalue weighted by Gasteiger charge is -2.23. The van der Waals surface area contributed by atoms with Gasteiger partial charge in [0.2, 0.25) is 0 Å². The molecule has 0 aromatic carbocycles. The standard InChI is InChI=1S/C18H32N6/c1-12(2)15-14(18(22(5)6)24(8)21-15)11-20-16(13(3)4)17-19-9-10-23(17)7/h9-10,12-13,16,20H,11H2,1-8H3/t16-/m1/s1. The zero-order valence-corrected chi connectivity index (χ0v) is 16.3. The van der Waals surface area contributed by atoms with E-state index in [1.165, 1.54) is 5.56 Å². The van der Waals surface area contributed by atoms with Gasteiger partial charge >= 0.3 is 0 Å². The van der Waals surface area contributed by atoms with Crippen LogP contribution in [0.5, 0.6) is 0 Å². The highest BCUT2D eigenvalue weighted by Crippen LogP contribution is 2.28. The number of aryl methyl sites for hydroxylation is 2. The number of imidazole rings is 1. The second kappa shape index (κ2) is 7.38. The minimum atomic E-state index is 0.209. The first-order valence-corrected chi connectivity index (χ1v) is 8.67. The molecule has 6 nitrogen and oxygen atoms in total. The summed E-state index contributed by atoms with van der Waals surface area (Å²) in [7, 11) is 8.21. The Bertz CT molecular complexity index is 665. The van der Waals surface area contributed by atoms with Gasteiger partial charge in [0.05, 0.1) is 11.7 Å². The zero-order chi connectivity index (χ0) is 18.0. The van der Waals surface area contributed by atoms with Crippen molar-refractivity contribution in [1.29, 1.82) is 0 Å². The molecule has 6 heteroatoms. The Labute approximate surface area is 145 Å². The first kappa shape index (κ1) is 18.5. The summed E-state index contributed by atoms with van der Waals surface area (Å²) < 4.78 is 4.08. The Balaban J connectivity index is 2.31. The van der Waals surface area contributed by atoms with Gasteiger partial charge in [-0.15, -0.1) is 0 Å². The maximum Gasteiger partial charge on any atom is 0.130 e. The van der Waals surface area contributed by atoms with E-state index in [-0.39, 0.29) is 6.04 Å². The van der Waals surface area contributed by atoms with E-state index in [0.29, 0.717) is 11.8 Å². The molecule has 0 aliphatic rings. The van der Waals surface area contributed by atoms with Gasteiger partial charge in [0.1, 0.15) is 11.6 Å². The number of hydrogen-bond acceptors (Lipinski definition) is 4. The van der Waals surface area contributed by atoms with Crippen LogP contribution in [0.15, 0.2) is 12.4 Å². The third kappa shape index (κ3) is 3.64. The third-order valence-corrected chi connectivity index (χ3v) is 4.42. The maximum atomic E-state index is 4.75. The van der Waals surface area contributed by atoms with Crippen LogP contribution in [0.4, 0.5) is 5.82 Å². The van der Waals surface area contributed by atoms with E-state index in [4.69, 9.17) is 5.10 Å². The van der Waals surface area contributed by atoms with E-state index in [0.717, 1.165) is 23.9 Å². The summed E-state index contributed by atoms with van der Waals surface area (Å²) in [6.07, 6.45) is 3.86. The summed E-state index contributed by atoms with van der Waals surface area (Å²) in [5.41, 5.74) is 2.44. The Hall–Kier alpha value is -1.82. The van der Waals surface area contributed by atoms with Gasteiger partial charge in [-0.3, -0.25) is 4.68 Å². The van der Waals surface area contributed by atoms with Crippen molar-refractivity contribution in [2.75, 3.05) is 19.0 Å². The summed E-state index contributed by atoms with van der Waals surface area (Å²) >= 11 is 0. The lowest BCUT2D eigenvalue weighted by atomic mass is 10.0. The minimum absolute atomic E-state index is 0.209. The van der Waals surface area contributed by atoms with Crippen LogP contribution in [0, 0.1) is 5.92 Å². The first-order valence-electron chi connectivity index (χ1n) is 8.67. The van der Waals surface area contributed by atoms with Crippen LogP contribution in [-0.4, -0.2) is 33.4 Å². The number of rotatable bonds is 7. The fraction of sp³-hybridized carbons (Fsp3) is 0.667. The molecular weight excluding hydrogens is 300 g/mol. The van der Waals surface area contributed by atoms with Crippen LogP contribution in [0.3, 0.4) is 0 Å². The number of anilines is 1. The van der Waals surface area contributed by atoms with Crippen molar-refractivity contribution in [1.82, 2.24) is 24.6 Å². The fourth-order valence-corrected chi connectivity index (χ4v) is 3.29. The Morgan fingerprint density at radius 2 is 1.83 bits per heavy atom. The molecule has 2 aromatic rings. The van der Waals surface area contributed by atoms with Gasteiger partial charge in [0.25, 0.3) is 0 Å². The summed E-state index contributed by atoms with van der Waals surface area (Å²) in [6.45, 7) is 9.64. The fourth-order valence-electron chi connectivity index (χ4n) is 3.29. The third-order valence-electron chi connectivity index (χ3n) is 4.42. The quantitative estimate of drug-likeness (QED) is 0.847. The second-order valence-corrected chi connectivity index (χ2v) is 7.36. The Morgan fingerprint density at radius 1 is 1.17 bits per heavy atom. The zero-order valence-electron chi connectivity index (χ0n) is 16.3. The summed E-state index contributed by atoms with van der Waals surface area (Å²) in [5.74, 6) is 3.08. The van der Waals surface area contributed by atoms with Gasteiger partial charge in [0.15, 0.2) is 0 Å². The number of hydrogen-bond donors (Lipinski definition) is 1. The van der Waals surface area contributed by atoms with Crippen LogP contribution in [0.25, 0.3) is 0 Å². The lowest BCUT2D eigenvalue weighted by molar-refractivity contribution is 0.384. The normalized spacial score (nSPS) is 13.1. The maximum absolute atomic E-state index is 4.75. The number of nitrogens with zero attached hydrogens (tertiary/aromatic N) is 5. The molecule has 0 fully saturated rings. The highest BCUT2D eigenvalue weighted by molar-refractivity contribution is 5.50. The molecule has 2 heterocycles. The molecule has 24 heavy (non-hydrogen) atoms. The van der Waals surface area contributed by atoms with Crippen LogP contribution < -0.4 is 10.2 Å². The molecule has 0 saturated carbocycles. The average Bonchev–Trinajstić information content (AvgIpc) is 3.03. The van der Waals surface area contributed by atoms with Crippen molar-refractivity contribution in [3.63, 3.8) is 0 Å². The van der Waals surface area contributed by atoms with Crippen LogP contribution in [0.1, 0.15) is 56.7 Å². The molecule has 0 bridgehead atoms. The Kier molecular flexibility index (Phi) is 5.70. The molecular formula is C18H32N6. The van der Waals surface area contributed by atoms with E-state index in [2.05, 4.69) is 61.6 Å². The van der Waals surface area contributed by atoms with Gasteiger partial charge in [-0.25, -0.2) is 4.98 Å². The summed E-state index contributed by atoms with van der Waals surface area (Å²) in [5, 5.41) is 8.47. The van der Waals surface area contributed by atoms with Crippen LogP contribution in [-0.2, 0) is 20.6 Å². The van der Waals surface area contributed by atoms with Crippen LogP contribution in [0.2, 0.25) is 0 Å². The molecule has 2 aromatic heterocycles. The lowest BCUT2D eigenvalue weighted by Crippen LogP contribution is -2.29. The molecule has 0 saturated heterocycles. The van der Waals surface area contributed by atoms with E-state index >= 15 is 0 Å². The van der Waals surface area contributed by atoms with Gasteiger partial charge < -0.3 is 14.8 Å². The van der Waals surface area contributed by atoms with E-state index in [9.17, 15) is 0 Å². The molecule has 1 atom stereocenters. The van der Waals surface area contributed by atoms with E-state index < -0.39 is 0 Å². The molecule has 2 rings (SSSR count). The smallest absolute Gasteiger partial charge is 0.130 e. The molecule has 0 radical (unpaired) electrons. The molecule has 0 spiro atoms. The largest absolute Gasteiger partial charge is 0.363 e. The van der Waals surface area contributed by atoms with Gasteiger partial charge in [-0.1, -0.05) is 27.7 Å².